The molecule has 5 rings (SSSR count). The fourth-order valence-electron chi connectivity index (χ4n) is 5.15. The number of hydrogen-bond donors (Lipinski definition) is 1. The first-order valence-corrected chi connectivity index (χ1v) is 11.6. The Hall–Kier alpha value is -2.27. The van der Waals surface area contributed by atoms with Gasteiger partial charge >= 0.3 is 0 Å². The summed E-state index contributed by atoms with van der Waals surface area (Å²) in [7, 11) is 0. The minimum atomic E-state index is 0.00499. The minimum Gasteiger partial charge on any atom is -0.349 e. The average molecular weight is 407 g/mol. The van der Waals surface area contributed by atoms with E-state index >= 15 is 0 Å². The van der Waals surface area contributed by atoms with Crippen LogP contribution in [0.4, 0.5) is 0 Å². The van der Waals surface area contributed by atoms with Gasteiger partial charge in [0.05, 0.1) is 5.75 Å². The summed E-state index contributed by atoms with van der Waals surface area (Å²) in [4.78, 5) is 27.1. The Balaban J connectivity index is 1.26. The molecule has 1 saturated heterocycles. The molecule has 1 N–H and O–H groups in total. The zero-order valence-electron chi connectivity index (χ0n) is 16.4. The number of carbonyl (C=O) groups excluding carboxylic acids is 2. The van der Waals surface area contributed by atoms with E-state index in [1.165, 1.54) is 19.3 Å². The van der Waals surface area contributed by atoms with Gasteiger partial charge in [-0.05, 0) is 54.4 Å². The summed E-state index contributed by atoms with van der Waals surface area (Å²) < 4.78 is 0. The smallest absolute Gasteiger partial charge is 0.251 e. The summed E-state index contributed by atoms with van der Waals surface area (Å²) in [5.41, 5.74) is 2.92. The molecule has 29 heavy (non-hydrogen) atoms. The lowest BCUT2D eigenvalue weighted by molar-refractivity contribution is -0.128. The number of carbonyl (C=O) groups is 2. The van der Waals surface area contributed by atoms with Gasteiger partial charge in [-0.25, -0.2) is 0 Å². The number of amides is 2. The van der Waals surface area contributed by atoms with E-state index < -0.39 is 0 Å². The van der Waals surface area contributed by atoms with Crippen molar-refractivity contribution in [2.75, 3.05) is 5.75 Å². The Morgan fingerprint density at radius 1 is 1.03 bits per heavy atom. The molecule has 2 aliphatic carbocycles. The monoisotopic (exact) mass is 406 g/mol. The van der Waals surface area contributed by atoms with Gasteiger partial charge in [0, 0.05) is 18.2 Å². The van der Waals surface area contributed by atoms with Crippen LogP contribution in [-0.4, -0.2) is 28.5 Å². The molecule has 0 aromatic heterocycles. The van der Waals surface area contributed by atoms with Crippen LogP contribution >= 0.6 is 11.8 Å². The molecule has 2 amide bonds. The molecule has 2 aromatic rings. The first kappa shape index (κ1) is 18.7. The van der Waals surface area contributed by atoms with Gasteiger partial charge in [0.2, 0.25) is 5.91 Å². The molecule has 4 nitrogen and oxygen atoms in total. The highest BCUT2D eigenvalue weighted by Crippen LogP contribution is 2.44. The van der Waals surface area contributed by atoms with Crippen LogP contribution in [0.2, 0.25) is 0 Å². The molecular weight excluding hydrogens is 380 g/mol. The van der Waals surface area contributed by atoms with E-state index in [-0.39, 0.29) is 17.2 Å². The topological polar surface area (TPSA) is 49.4 Å². The zero-order valence-corrected chi connectivity index (χ0v) is 17.2. The van der Waals surface area contributed by atoms with Crippen molar-refractivity contribution in [1.82, 2.24) is 10.2 Å². The normalized spacial score (nSPS) is 28.1. The summed E-state index contributed by atoms with van der Waals surface area (Å²) in [6.07, 6.45) is 5.03. The van der Waals surface area contributed by atoms with E-state index in [9.17, 15) is 9.59 Å². The van der Waals surface area contributed by atoms with Crippen molar-refractivity contribution in [3.63, 3.8) is 0 Å². The van der Waals surface area contributed by atoms with Gasteiger partial charge < -0.3 is 10.2 Å². The summed E-state index contributed by atoms with van der Waals surface area (Å²) in [6.45, 7) is 0.615. The van der Waals surface area contributed by atoms with Crippen LogP contribution in [0.25, 0.3) is 0 Å². The Labute approximate surface area is 176 Å². The molecule has 1 heterocycles. The molecule has 0 radical (unpaired) electrons. The number of benzene rings is 2. The number of hydrogen-bond acceptors (Lipinski definition) is 3. The number of nitrogens with one attached hydrogen (secondary N) is 1. The lowest BCUT2D eigenvalue weighted by Crippen LogP contribution is -2.38. The van der Waals surface area contributed by atoms with E-state index in [1.807, 2.05) is 47.4 Å². The summed E-state index contributed by atoms with van der Waals surface area (Å²) in [6, 6.07) is 18.3. The fourth-order valence-corrected chi connectivity index (χ4v) is 6.34. The molecule has 0 spiro atoms. The molecule has 5 heteroatoms. The predicted octanol–water partition coefficient (Wildman–Crippen LogP) is 4.38. The molecule has 2 aromatic carbocycles. The maximum atomic E-state index is 12.7. The van der Waals surface area contributed by atoms with Gasteiger partial charge in [-0.3, -0.25) is 9.59 Å². The lowest BCUT2D eigenvalue weighted by Gasteiger charge is -2.25. The highest BCUT2D eigenvalue weighted by Gasteiger charge is 2.40. The molecule has 3 fully saturated rings. The standard InChI is InChI=1S/C24H26N2O2S/c27-22-15-29-24(26(22)14-16-4-2-1-3-5-16)19-10-8-18(9-11-19)23(28)25-21-13-17-6-7-20(21)12-17/h1-5,8-11,17,20-21,24H,6-7,12-15H2,(H,25,28)/t17-,20-,21-,24-/m1/s1. The van der Waals surface area contributed by atoms with E-state index in [0.717, 1.165) is 23.5 Å². The van der Waals surface area contributed by atoms with Crippen LogP contribution in [0.1, 0.15) is 52.5 Å². The molecule has 1 aliphatic heterocycles. The second-order valence-corrected chi connectivity index (χ2v) is 9.62. The highest BCUT2D eigenvalue weighted by molar-refractivity contribution is 8.00. The van der Waals surface area contributed by atoms with Crippen molar-refractivity contribution in [1.29, 1.82) is 0 Å². The molecule has 3 aliphatic rings. The van der Waals surface area contributed by atoms with Crippen LogP contribution in [-0.2, 0) is 11.3 Å². The number of thioether (sulfide) groups is 1. The van der Waals surface area contributed by atoms with Gasteiger partial charge in [0.15, 0.2) is 0 Å². The van der Waals surface area contributed by atoms with E-state index in [4.69, 9.17) is 0 Å². The Kier molecular flexibility index (Phi) is 5.08. The molecular formula is C24H26N2O2S. The van der Waals surface area contributed by atoms with Crippen molar-refractivity contribution >= 4 is 23.6 Å². The fraction of sp³-hybridized carbons (Fsp3) is 0.417. The molecule has 150 valence electrons. The van der Waals surface area contributed by atoms with Gasteiger partial charge in [-0.15, -0.1) is 11.8 Å². The van der Waals surface area contributed by atoms with Crippen molar-refractivity contribution in [3.05, 3.63) is 71.3 Å². The maximum Gasteiger partial charge on any atom is 0.251 e. The summed E-state index contributed by atoms with van der Waals surface area (Å²) in [5.74, 6) is 2.20. The van der Waals surface area contributed by atoms with Crippen LogP contribution in [0.5, 0.6) is 0 Å². The predicted molar refractivity (Wildman–Crippen MR) is 115 cm³/mol. The van der Waals surface area contributed by atoms with Crippen LogP contribution in [0.15, 0.2) is 54.6 Å². The molecule has 0 unspecified atom stereocenters. The quantitative estimate of drug-likeness (QED) is 0.802. The molecule has 2 saturated carbocycles. The third-order valence-electron chi connectivity index (χ3n) is 6.68. The summed E-state index contributed by atoms with van der Waals surface area (Å²) in [5, 5.41) is 3.26. The second-order valence-electron chi connectivity index (χ2n) is 8.55. The first-order valence-electron chi connectivity index (χ1n) is 10.5. The van der Waals surface area contributed by atoms with E-state index in [1.54, 1.807) is 11.8 Å². The highest BCUT2D eigenvalue weighted by atomic mass is 32.2. The number of fused-ring (bicyclic) bond motifs is 2. The third-order valence-corrected chi connectivity index (χ3v) is 7.93. The van der Waals surface area contributed by atoms with E-state index in [0.29, 0.717) is 29.8 Å². The van der Waals surface area contributed by atoms with Gasteiger partial charge in [-0.2, -0.15) is 0 Å². The van der Waals surface area contributed by atoms with Crippen LogP contribution in [0.3, 0.4) is 0 Å². The minimum absolute atomic E-state index is 0.00499. The van der Waals surface area contributed by atoms with Gasteiger partial charge in [0.1, 0.15) is 5.37 Å². The Morgan fingerprint density at radius 2 is 1.83 bits per heavy atom. The van der Waals surface area contributed by atoms with Crippen molar-refractivity contribution in [2.24, 2.45) is 11.8 Å². The zero-order chi connectivity index (χ0) is 19.8. The SMILES string of the molecule is O=C(N[C@@H]1C[C@@H]2CC[C@@H]1C2)c1ccc([C@H]2SCC(=O)N2Cc2ccccc2)cc1. The van der Waals surface area contributed by atoms with Crippen molar-refractivity contribution < 1.29 is 9.59 Å². The second kappa shape index (κ2) is 7.86. The average Bonchev–Trinajstić information content (AvgIpc) is 3.46. The van der Waals surface area contributed by atoms with Gasteiger partial charge in [-0.1, -0.05) is 48.9 Å². The van der Waals surface area contributed by atoms with Crippen molar-refractivity contribution in [3.8, 4) is 0 Å². The Bertz CT molecular complexity index is 899. The third kappa shape index (κ3) is 3.80. The summed E-state index contributed by atoms with van der Waals surface area (Å²) >= 11 is 1.66. The lowest BCUT2D eigenvalue weighted by atomic mass is 9.95. The number of nitrogens with zero attached hydrogens (tertiary/aromatic N) is 1. The van der Waals surface area contributed by atoms with Crippen LogP contribution in [0, 0.1) is 11.8 Å². The van der Waals surface area contributed by atoms with Crippen molar-refractivity contribution in [2.45, 2.75) is 43.6 Å². The van der Waals surface area contributed by atoms with E-state index in [2.05, 4.69) is 17.4 Å². The first-order chi connectivity index (χ1) is 14.2. The maximum absolute atomic E-state index is 12.7. The molecule has 4 atom stereocenters. The number of rotatable bonds is 5. The Morgan fingerprint density at radius 3 is 2.52 bits per heavy atom. The largest absolute Gasteiger partial charge is 0.349 e. The van der Waals surface area contributed by atoms with Gasteiger partial charge in [0.25, 0.3) is 5.91 Å². The molecule has 2 bridgehead atoms. The van der Waals surface area contributed by atoms with Crippen LogP contribution < -0.4 is 5.32 Å².